The zero-order valence-electron chi connectivity index (χ0n) is 19.1. The molecule has 1 aliphatic carbocycles. The largest absolute Gasteiger partial charge is 0.506 e. The molecule has 0 spiro atoms. The first kappa shape index (κ1) is 26.3. The van der Waals surface area contributed by atoms with Crippen molar-refractivity contribution < 1.29 is 18.7 Å². The number of rotatable bonds is 10. The van der Waals surface area contributed by atoms with Crippen LogP contribution in [0.4, 0.5) is 20.2 Å². The van der Waals surface area contributed by atoms with Crippen LogP contribution in [-0.4, -0.2) is 40.7 Å². The predicted molar refractivity (Wildman–Crippen MR) is 136 cm³/mol. The number of amidine groups is 1. The van der Waals surface area contributed by atoms with E-state index in [9.17, 15) is 18.7 Å². The van der Waals surface area contributed by atoms with E-state index in [1.54, 1.807) is 24.3 Å². The molecular weight excluding hydrogens is 474 g/mol. The van der Waals surface area contributed by atoms with Crippen LogP contribution in [0.5, 0.6) is 5.75 Å². The molecule has 3 rings (SSSR count). The number of nitrogens with two attached hydrogens (primary N) is 2. The van der Waals surface area contributed by atoms with E-state index < -0.39 is 17.2 Å². The number of nitrogens with one attached hydrogen (secondary N) is 4. The number of anilines is 2. The Morgan fingerprint density at radius 1 is 1.20 bits per heavy atom. The second-order valence-corrected chi connectivity index (χ2v) is 9.45. The van der Waals surface area contributed by atoms with Crippen molar-refractivity contribution in [1.29, 1.82) is 5.41 Å². The highest BCUT2D eigenvalue weighted by Crippen LogP contribution is 2.32. The number of para-hydroxylation sites is 2. The quantitative estimate of drug-likeness (QED) is 0.0855. The molecule has 0 heterocycles. The topological polar surface area (TPSA) is 149 Å². The minimum absolute atomic E-state index is 0.0571. The van der Waals surface area contributed by atoms with E-state index in [1.807, 2.05) is 12.1 Å². The lowest BCUT2D eigenvalue weighted by molar-refractivity contribution is -0.114. The summed E-state index contributed by atoms with van der Waals surface area (Å²) in [7, 11) is 0. The average Bonchev–Trinajstić information content (AvgIpc) is 2.82. The number of carbonyl (C=O) groups is 1. The molecule has 9 N–H and O–H groups in total. The van der Waals surface area contributed by atoms with E-state index in [0.29, 0.717) is 47.4 Å². The summed E-state index contributed by atoms with van der Waals surface area (Å²) in [6.45, 7) is 0.322. The third kappa shape index (κ3) is 7.33. The number of halogens is 2. The van der Waals surface area contributed by atoms with E-state index in [1.165, 1.54) is 18.3 Å². The molecule has 188 valence electrons. The normalized spacial score (nSPS) is 20.3. The van der Waals surface area contributed by atoms with Crippen molar-refractivity contribution in [3.63, 3.8) is 0 Å². The molecule has 0 unspecified atom stereocenters. The highest BCUT2D eigenvalue weighted by molar-refractivity contribution is 7.99. The fourth-order valence-corrected chi connectivity index (χ4v) is 4.46. The van der Waals surface area contributed by atoms with Gasteiger partial charge in [-0.1, -0.05) is 23.9 Å². The maximum atomic E-state index is 12.5. The van der Waals surface area contributed by atoms with Crippen molar-refractivity contribution in [1.82, 2.24) is 5.32 Å². The molecule has 1 saturated carbocycles. The number of carbonyl (C=O) groups excluding carboxylic acids is 1. The minimum Gasteiger partial charge on any atom is -0.506 e. The molecule has 0 bridgehead atoms. The smallest absolute Gasteiger partial charge is 0.288 e. The van der Waals surface area contributed by atoms with E-state index in [4.69, 9.17) is 16.9 Å². The molecule has 0 radical (unpaired) electrons. The maximum Gasteiger partial charge on any atom is 0.288 e. The molecule has 0 aromatic heterocycles. The summed E-state index contributed by atoms with van der Waals surface area (Å²) in [5.41, 5.74) is 12.2. The Kier molecular flexibility index (Phi) is 8.94. The van der Waals surface area contributed by atoms with Crippen molar-refractivity contribution in [2.24, 2.45) is 11.5 Å². The molecule has 11 heteroatoms. The number of hydrogen-bond acceptors (Lipinski definition) is 7. The highest BCUT2D eigenvalue weighted by Gasteiger charge is 2.34. The van der Waals surface area contributed by atoms with Gasteiger partial charge in [0.15, 0.2) is 0 Å². The molecular formula is C24H30F2N6O2S. The zero-order chi connectivity index (χ0) is 25.4. The van der Waals surface area contributed by atoms with E-state index in [0.717, 1.165) is 12.8 Å². The Labute approximate surface area is 207 Å². The summed E-state index contributed by atoms with van der Waals surface area (Å²) < 4.78 is 25.0. The van der Waals surface area contributed by atoms with Gasteiger partial charge in [0.1, 0.15) is 11.6 Å². The summed E-state index contributed by atoms with van der Waals surface area (Å²) in [5.74, 6) is -3.33. The molecule has 8 nitrogen and oxygen atoms in total. The number of aromatic hydroxyl groups is 1. The molecule has 2 aromatic carbocycles. The molecule has 0 saturated heterocycles. The van der Waals surface area contributed by atoms with Gasteiger partial charge in [-0.05, 0) is 62.1 Å². The van der Waals surface area contributed by atoms with Crippen molar-refractivity contribution in [2.45, 2.75) is 47.9 Å². The number of phenolic OH excluding ortho intramolecular Hbond substituents is 1. The Balaban J connectivity index is 1.61. The third-order valence-corrected chi connectivity index (χ3v) is 6.73. The maximum absolute atomic E-state index is 12.5. The van der Waals surface area contributed by atoms with Gasteiger partial charge in [-0.2, -0.15) is 8.78 Å². The van der Waals surface area contributed by atoms with Gasteiger partial charge in [0.2, 0.25) is 0 Å². The standard InChI is InChI=1S/C24H30F2N6O2S/c25-23(26)35-17-7-5-15(6-8-17)32-21(28)18(22(29)34)13-30-24(14-27)11-9-16(10-12-24)31-19-3-1-2-4-20(19)33/h1-8,13,16,23,30-31,33H,9-12,14,27H2,(H2,28,32)(H2,29,34)/b18-13+. The minimum atomic E-state index is -2.52. The average molecular weight is 505 g/mol. The first-order chi connectivity index (χ1) is 16.7. The van der Waals surface area contributed by atoms with Crippen molar-refractivity contribution in [3.05, 3.63) is 60.3 Å². The number of hydrogen-bond donors (Lipinski definition) is 7. The molecule has 35 heavy (non-hydrogen) atoms. The fourth-order valence-electron chi connectivity index (χ4n) is 3.96. The summed E-state index contributed by atoms with van der Waals surface area (Å²) in [6.07, 6.45) is 4.42. The molecule has 0 atom stereocenters. The van der Waals surface area contributed by atoms with Crippen LogP contribution >= 0.6 is 11.8 Å². The lowest BCUT2D eigenvalue weighted by Gasteiger charge is -2.40. The van der Waals surface area contributed by atoms with Gasteiger partial charge in [-0.25, -0.2) is 0 Å². The predicted octanol–water partition coefficient (Wildman–Crippen LogP) is 3.81. The summed E-state index contributed by atoms with van der Waals surface area (Å²) in [5, 5.41) is 27.6. The first-order valence-corrected chi connectivity index (χ1v) is 12.0. The van der Waals surface area contributed by atoms with Crippen LogP contribution in [0.2, 0.25) is 0 Å². The SMILES string of the molecule is N=C(Nc1ccc(SC(F)F)cc1)/C(=C\NC1(CN)CCC(Nc2ccccc2O)CC1)C(N)=O. The molecule has 1 amide bonds. The third-order valence-electron chi connectivity index (χ3n) is 6.00. The van der Waals surface area contributed by atoms with Gasteiger partial charge in [-0.3, -0.25) is 10.2 Å². The van der Waals surface area contributed by atoms with Gasteiger partial charge in [0, 0.05) is 34.9 Å². The Morgan fingerprint density at radius 2 is 1.86 bits per heavy atom. The monoisotopic (exact) mass is 504 g/mol. The second-order valence-electron chi connectivity index (χ2n) is 8.39. The van der Waals surface area contributed by atoms with Crippen LogP contribution in [-0.2, 0) is 4.79 Å². The van der Waals surface area contributed by atoms with Gasteiger partial charge >= 0.3 is 0 Å². The number of phenols is 1. The van der Waals surface area contributed by atoms with Gasteiger partial charge in [-0.15, -0.1) is 0 Å². The molecule has 0 aliphatic heterocycles. The first-order valence-electron chi connectivity index (χ1n) is 11.1. The van der Waals surface area contributed by atoms with Crippen molar-refractivity contribution in [2.75, 3.05) is 17.2 Å². The Hall–Kier alpha value is -3.31. The van der Waals surface area contributed by atoms with Crippen molar-refractivity contribution in [3.8, 4) is 5.75 Å². The second kappa shape index (κ2) is 11.9. The van der Waals surface area contributed by atoms with Gasteiger partial charge in [0.25, 0.3) is 11.7 Å². The van der Waals surface area contributed by atoms with E-state index >= 15 is 0 Å². The van der Waals surface area contributed by atoms with Gasteiger partial charge < -0.3 is 32.5 Å². The number of primary amides is 1. The lowest BCUT2D eigenvalue weighted by Crippen LogP contribution is -2.53. The summed E-state index contributed by atoms with van der Waals surface area (Å²) in [4.78, 5) is 12.4. The van der Waals surface area contributed by atoms with Gasteiger partial charge in [0.05, 0.1) is 11.3 Å². The van der Waals surface area contributed by atoms with Crippen LogP contribution in [0, 0.1) is 5.41 Å². The number of benzene rings is 2. The molecule has 2 aromatic rings. The fraction of sp³-hybridized carbons (Fsp3) is 0.333. The van der Waals surface area contributed by atoms with Crippen LogP contribution in [0.25, 0.3) is 0 Å². The molecule has 1 aliphatic rings. The molecule has 1 fully saturated rings. The van der Waals surface area contributed by atoms with Crippen LogP contribution in [0.15, 0.2) is 65.2 Å². The summed E-state index contributed by atoms with van der Waals surface area (Å²) in [6, 6.07) is 13.3. The van der Waals surface area contributed by atoms with Crippen LogP contribution < -0.4 is 27.4 Å². The highest BCUT2D eigenvalue weighted by atomic mass is 32.2. The Morgan fingerprint density at radius 3 is 2.43 bits per heavy atom. The number of amides is 1. The Bertz CT molecular complexity index is 1060. The van der Waals surface area contributed by atoms with Crippen LogP contribution in [0.3, 0.4) is 0 Å². The lowest BCUT2D eigenvalue weighted by atomic mass is 9.79. The number of thioether (sulfide) groups is 1. The van der Waals surface area contributed by atoms with E-state index in [-0.39, 0.29) is 23.2 Å². The van der Waals surface area contributed by atoms with E-state index in [2.05, 4.69) is 16.0 Å². The van der Waals surface area contributed by atoms with Crippen molar-refractivity contribution >= 4 is 34.9 Å². The zero-order valence-corrected chi connectivity index (χ0v) is 19.9. The number of alkyl halides is 2. The van der Waals surface area contributed by atoms with Crippen LogP contribution in [0.1, 0.15) is 25.7 Å². The summed E-state index contributed by atoms with van der Waals surface area (Å²) >= 11 is 0.425.